The van der Waals surface area contributed by atoms with Gasteiger partial charge >= 0.3 is 5.51 Å². The normalized spacial score (nSPS) is 16.6. The van der Waals surface area contributed by atoms with Gasteiger partial charge in [-0.15, -0.1) is 0 Å². The average Bonchev–Trinajstić information content (AvgIpc) is 2.59. The van der Waals surface area contributed by atoms with Gasteiger partial charge in [-0.3, -0.25) is 0 Å². The van der Waals surface area contributed by atoms with Gasteiger partial charge in [0.2, 0.25) is 0 Å². The van der Waals surface area contributed by atoms with Crippen LogP contribution in [0, 0.1) is 0 Å². The molecular formula is C17H22F5NO4S. The molecule has 1 aromatic rings. The minimum atomic E-state index is -6.09. The number of likely N-dealkylation sites (N-methyl/N-ethyl adjacent to an activating group) is 1. The lowest BCUT2D eigenvalue weighted by Crippen LogP contribution is -2.48. The monoisotopic (exact) mass is 431 g/mol. The Bertz CT molecular complexity index is 766. The summed E-state index contributed by atoms with van der Waals surface area (Å²) >= 11 is 0. The second-order valence-electron chi connectivity index (χ2n) is 6.65. The molecule has 1 heterocycles. The number of halogens is 5. The Morgan fingerprint density at radius 2 is 1.57 bits per heavy atom. The van der Waals surface area contributed by atoms with Crippen molar-refractivity contribution in [3.8, 4) is 5.75 Å². The standard InChI is InChI=1S/C16H22F2NO.CHF3O3S/c1-19(10-4-3-5-11-19)12-15(16(17)18)13-6-8-14(20-2)9-7-13;2-1(3,4)8(5,6)7/h6-9H,3-5,10-12H2,1-2H3;(H,5,6,7)/q+1;/p-1. The Labute approximate surface area is 160 Å². The predicted octanol–water partition coefficient (Wildman–Crippen LogP) is 3.98. The van der Waals surface area contributed by atoms with Gasteiger partial charge in [0.15, 0.2) is 10.1 Å². The Morgan fingerprint density at radius 1 is 1.11 bits per heavy atom. The van der Waals surface area contributed by atoms with Crippen LogP contribution in [0.2, 0.25) is 0 Å². The van der Waals surface area contributed by atoms with Crippen LogP contribution in [0.3, 0.4) is 0 Å². The first-order valence-electron chi connectivity index (χ1n) is 8.33. The molecule has 0 spiro atoms. The van der Waals surface area contributed by atoms with Gasteiger partial charge < -0.3 is 13.8 Å². The summed E-state index contributed by atoms with van der Waals surface area (Å²) in [5.74, 6) is 0.686. The highest BCUT2D eigenvalue weighted by molar-refractivity contribution is 7.86. The first kappa shape index (κ1) is 24.3. The van der Waals surface area contributed by atoms with E-state index in [4.69, 9.17) is 17.7 Å². The first-order valence-corrected chi connectivity index (χ1v) is 9.74. The third kappa shape index (κ3) is 7.36. The Morgan fingerprint density at radius 3 is 1.93 bits per heavy atom. The Kier molecular flexibility index (Phi) is 8.39. The van der Waals surface area contributed by atoms with Crippen LogP contribution in [0.4, 0.5) is 22.0 Å². The summed E-state index contributed by atoms with van der Waals surface area (Å²) in [6, 6.07) is 6.88. The fraction of sp³-hybridized carbons (Fsp3) is 0.529. The lowest BCUT2D eigenvalue weighted by atomic mass is 10.0. The molecule has 5 nitrogen and oxygen atoms in total. The van der Waals surface area contributed by atoms with E-state index in [1.54, 1.807) is 31.4 Å². The van der Waals surface area contributed by atoms with E-state index in [-0.39, 0.29) is 5.57 Å². The topological polar surface area (TPSA) is 66.4 Å². The lowest BCUT2D eigenvalue weighted by molar-refractivity contribution is -0.906. The van der Waals surface area contributed by atoms with Crippen molar-refractivity contribution in [1.82, 2.24) is 0 Å². The van der Waals surface area contributed by atoms with Crippen molar-refractivity contribution in [3.05, 3.63) is 35.9 Å². The number of likely N-dealkylation sites (tertiary alicyclic amines) is 1. The molecule has 1 aromatic carbocycles. The van der Waals surface area contributed by atoms with Crippen LogP contribution in [0.25, 0.3) is 5.57 Å². The molecular weight excluding hydrogens is 409 g/mol. The summed E-state index contributed by atoms with van der Waals surface area (Å²) < 4.78 is 91.3. The fourth-order valence-electron chi connectivity index (χ4n) is 2.87. The van der Waals surface area contributed by atoms with Crippen LogP contribution in [-0.2, 0) is 10.1 Å². The molecule has 0 aliphatic carbocycles. The van der Waals surface area contributed by atoms with Crippen LogP contribution in [0.5, 0.6) is 5.75 Å². The van der Waals surface area contributed by atoms with Crippen molar-refractivity contribution in [3.63, 3.8) is 0 Å². The molecule has 1 aliphatic rings. The van der Waals surface area contributed by atoms with Crippen LogP contribution >= 0.6 is 0 Å². The summed E-state index contributed by atoms with van der Waals surface area (Å²) in [5.41, 5.74) is -4.89. The Hall–Kier alpha value is -1.72. The second-order valence-corrected chi connectivity index (χ2v) is 8.02. The van der Waals surface area contributed by atoms with Crippen molar-refractivity contribution in [2.75, 3.05) is 33.8 Å². The van der Waals surface area contributed by atoms with Gasteiger partial charge in [0, 0.05) is 0 Å². The molecule has 160 valence electrons. The van der Waals surface area contributed by atoms with Gasteiger partial charge in [-0.25, -0.2) is 8.42 Å². The molecule has 1 fully saturated rings. The largest absolute Gasteiger partial charge is 0.741 e. The minimum Gasteiger partial charge on any atom is -0.741 e. The summed E-state index contributed by atoms with van der Waals surface area (Å²) in [6.45, 7) is 2.36. The molecule has 2 rings (SSSR count). The first-order chi connectivity index (χ1) is 12.8. The van der Waals surface area contributed by atoms with E-state index >= 15 is 0 Å². The number of hydrogen-bond acceptors (Lipinski definition) is 4. The van der Waals surface area contributed by atoms with Crippen LogP contribution in [0.15, 0.2) is 30.3 Å². The fourth-order valence-corrected chi connectivity index (χ4v) is 2.87. The molecule has 11 heteroatoms. The SMILES string of the molecule is COc1ccc(C(C[N+]2(C)CCCCC2)=C(F)F)cc1.O=S(=O)([O-])C(F)(F)F. The van der Waals surface area contributed by atoms with Crippen LogP contribution in [0.1, 0.15) is 24.8 Å². The molecule has 28 heavy (non-hydrogen) atoms. The highest BCUT2D eigenvalue weighted by Crippen LogP contribution is 2.28. The van der Waals surface area contributed by atoms with E-state index < -0.39 is 21.7 Å². The maximum absolute atomic E-state index is 13.3. The van der Waals surface area contributed by atoms with Crippen molar-refractivity contribution in [2.45, 2.75) is 24.8 Å². The maximum Gasteiger partial charge on any atom is 0.485 e. The van der Waals surface area contributed by atoms with Crippen LogP contribution in [-0.4, -0.2) is 56.8 Å². The highest BCUT2D eigenvalue weighted by atomic mass is 32.2. The van der Waals surface area contributed by atoms with E-state index in [2.05, 4.69) is 7.05 Å². The summed E-state index contributed by atoms with van der Waals surface area (Å²) in [7, 11) is -2.44. The quantitative estimate of drug-likeness (QED) is 0.313. The Balaban J connectivity index is 0.000000416. The van der Waals surface area contributed by atoms with Gasteiger partial charge in [0.25, 0.3) is 6.08 Å². The predicted molar refractivity (Wildman–Crippen MR) is 92.5 cm³/mol. The molecule has 0 unspecified atom stereocenters. The molecule has 0 amide bonds. The third-order valence-corrected chi connectivity index (χ3v) is 4.95. The van der Waals surface area contributed by atoms with Gasteiger partial charge in [-0.1, -0.05) is 12.1 Å². The minimum absolute atomic E-state index is 0.164. The van der Waals surface area contributed by atoms with Gasteiger partial charge in [-0.05, 0) is 37.0 Å². The number of nitrogens with zero attached hydrogens (tertiary/aromatic N) is 1. The van der Waals surface area contributed by atoms with Crippen molar-refractivity contribution >= 4 is 15.7 Å². The van der Waals surface area contributed by atoms with E-state index in [9.17, 15) is 22.0 Å². The smallest absolute Gasteiger partial charge is 0.485 e. The number of ether oxygens (including phenoxy) is 1. The number of alkyl halides is 3. The number of piperidine rings is 1. The van der Waals surface area contributed by atoms with E-state index in [1.165, 1.54) is 6.42 Å². The summed E-state index contributed by atoms with van der Waals surface area (Å²) in [4.78, 5) is 0. The average molecular weight is 431 g/mol. The van der Waals surface area contributed by atoms with Crippen molar-refractivity contribution in [2.24, 2.45) is 0 Å². The van der Waals surface area contributed by atoms with Crippen molar-refractivity contribution < 1.29 is 44.1 Å². The second kappa shape index (κ2) is 9.66. The molecule has 0 radical (unpaired) electrons. The molecule has 1 aliphatic heterocycles. The van der Waals surface area contributed by atoms with Gasteiger partial charge in [0.05, 0.1) is 32.8 Å². The highest BCUT2D eigenvalue weighted by Gasteiger charge is 2.37. The zero-order valence-electron chi connectivity index (χ0n) is 15.4. The number of benzene rings is 1. The number of hydrogen-bond donors (Lipinski definition) is 0. The maximum atomic E-state index is 13.3. The third-order valence-electron chi connectivity index (χ3n) is 4.39. The van der Waals surface area contributed by atoms with Crippen LogP contribution < -0.4 is 4.74 Å². The summed E-state index contributed by atoms with van der Waals surface area (Å²) in [5, 5.41) is 0. The molecule has 0 saturated carbocycles. The van der Waals surface area contributed by atoms with Crippen molar-refractivity contribution in [1.29, 1.82) is 0 Å². The molecule has 0 atom stereocenters. The van der Waals surface area contributed by atoms with E-state index in [1.807, 2.05) is 0 Å². The van der Waals surface area contributed by atoms with E-state index in [0.29, 0.717) is 22.3 Å². The number of quaternary nitrogens is 1. The molecule has 0 bridgehead atoms. The number of rotatable bonds is 4. The lowest BCUT2D eigenvalue weighted by Gasteiger charge is -2.38. The number of methoxy groups -OCH3 is 1. The zero-order chi connectivity index (χ0) is 21.6. The zero-order valence-corrected chi connectivity index (χ0v) is 16.2. The van der Waals surface area contributed by atoms with E-state index in [0.717, 1.165) is 25.9 Å². The molecule has 0 N–H and O–H groups in total. The molecule has 1 saturated heterocycles. The summed E-state index contributed by atoms with van der Waals surface area (Å²) in [6.07, 6.45) is 1.90. The molecule has 0 aromatic heterocycles. The van der Waals surface area contributed by atoms with Gasteiger partial charge in [-0.2, -0.15) is 22.0 Å². The van der Waals surface area contributed by atoms with Gasteiger partial charge in [0.1, 0.15) is 12.3 Å².